The molecule has 246 valence electrons. The molecule has 3 fully saturated rings. The van der Waals surface area contributed by atoms with E-state index in [-0.39, 0.29) is 44.0 Å². The number of ether oxygens (including phenoxy) is 5. The summed E-state index contributed by atoms with van der Waals surface area (Å²) in [5, 5.41) is 0. The van der Waals surface area contributed by atoms with E-state index in [4.69, 9.17) is 30.5 Å². The number of benzene rings is 2. The summed E-state index contributed by atoms with van der Waals surface area (Å²) < 4.78 is 24.1. The van der Waals surface area contributed by atoms with Gasteiger partial charge in [0.05, 0.1) is 19.8 Å². The van der Waals surface area contributed by atoms with E-state index in [9.17, 15) is 24.0 Å². The molecule has 0 amide bonds. The Morgan fingerprint density at radius 3 is 1.93 bits per heavy atom. The quantitative estimate of drug-likeness (QED) is 0.118. The largest absolute Gasteiger partial charge is 1.00 e. The fourth-order valence-corrected chi connectivity index (χ4v) is 4.16. The van der Waals surface area contributed by atoms with Gasteiger partial charge in [0, 0.05) is 18.0 Å². The second-order valence-electron chi connectivity index (χ2n) is 10.2. The zero-order valence-corrected chi connectivity index (χ0v) is 27.3. The van der Waals surface area contributed by atoms with Crippen molar-refractivity contribution in [1.82, 2.24) is 0 Å². The first kappa shape index (κ1) is 40.6. The van der Waals surface area contributed by atoms with E-state index >= 15 is 0 Å². The van der Waals surface area contributed by atoms with Crippen LogP contribution in [0.3, 0.4) is 0 Å². The second-order valence-corrected chi connectivity index (χ2v) is 10.5. The Bertz CT molecular complexity index is 1120. The molecule has 0 spiro atoms. The number of cyclic esters (lactones) is 3. The van der Waals surface area contributed by atoms with Crippen molar-refractivity contribution in [3.63, 3.8) is 0 Å². The normalized spacial score (nSPS) is 17.3. The summed E-state index contributed by atoms with van der Waals surface area (Å²) in [6.45, 7) is 2.09. The zero-order chi connectivity index (χ0) is 32.5. The van der Waals surface area contributed by atoms with Crippen molar-refractivity contribution in [1.29, 1.82) is 0 Å². The summed E-state index contributed by atoms with van der Waals surface area (Å²) in [5.41, 5.74) is 1.07. The van der Waals surface area contributed by atoms with E-state index in [2.05, 4.69) is 4.74 Å². The fraction of sp³-hybridized carbons (Fsp3) is 0.471. The molecule has 3 aliphatic rings. The van der Waals surface area contributed by atoms with Crippen LogP contribution < -0.4 is 18.9 Å². The Morgan fingerprint density at radius 2 is 1.28 bits per heavy atom. The minimum Gasteiger partial charge on any atom is -0.488 e. The Morgan fingerprint density at radius 1 is 0.717 bits per heavy atom. The number of rotatable bonds is 5. The van der Waals surface area contributed by atoms with Crippen LogP contribution in [0.5, 0.6) is 0 Å². The average Bonchev–Trinajstić information content (AvgIpc) is 3.55. The molecule has 5 rings (SSSR count). The molecule has 0 aromatic heterocycles. The molecule has 2 aromatic carbocycles. The van der Waals surface area contributed by atoms with Gasteiger partial charge in [-0.2, -0.15) is 6.42 Å². The zero-order valence-electron chi connectivity index (χ0n) is 26.5. The van der Waals surface area contributed by atoms with E-state index in [1.807, 2.05) is 60.7 Å². The SMILES string of the molecule is O=C(Cl)OCc1ccccc1.O=C1CCCCCO1.O=C1OCCCCC1C(=O)OCc1ccccc1.O=C1[CH-]CCCCO1.[Li+]. The van der Waals surface area contributed by atoms with Gasteiger partial charge in [-0.05, 0) is 56.1 Å². The first-order valence-corrected chi connectivity index (χ1v) is 15.6. The maximum absolute atomic E-state index is 11.8. The monoisotopic (exact) mass is 652 g/mol. The maximum Gasteiger partial charge on any atom is 1.00 e. The van der Waals surface area contributed by atoms with Gasteiger partial charge in [0.15, 0.2) is 11.9 Å². The summed E-state index contributed by atoms with van der Waals surface area (Å²) in [6, 6.07) is 18.8. The average molecular weight is 653 g/mol. The van der Waals surface area contributed by atoms with Crippen LogP contribution in [0.25, 0.3) is 0 Å². The molecule has 0 bridgehead atoms. The summed E-state index contributed by atoms with van der Waals surface area (Å²) in [5.74, 6) is -1.86. The van der Waals surface area contributed by atoms with Gasteiger partial charge in [0.25, 0.3) is 0 Å². The Kier molecular flexibility index (Phi) is 22.7. The predicted octanol–water partition coefficient (Wildman–Crippen LogP) is 3.66. The summed E-state index contributed by atoms with van der Waals surface area (Å²) in [4.78, 5) is 54.4. The topological polar surface area (TPSA) is 132 Å². The van der Waals surface area contributed by atoms with Crippen LogP contribution >= 0.6 is 11.6 Å². The van der Waals surface area contributed by atoms with Gasteiger partial charge in [-0.3, -0.25) is 25.6 Å². The van der Waals surface area contributed by atoms with Crippen molar-refractivity contribution in [2.24, 2.45) is 5.92 Å². The summed E-state index contributed by atoms with van der Waals surface area (Å²) >= 11 is 4.97. The Hall–Kier alpha value is -3.45. The maximum atomic E-state index is 11.8. The van der Waals surface area contributed by atoms with Crippen molar-refractivity contribution in [2.45, 2.75) is 77.4 Å². The van der Waals surface area contributed by atoms with Crippen molar-refractivity contribution in [2.75, 3.05) is 19.8 Å². The van der Waals surface area contributed by atoms with Gasteiger partial charge in [0.1, 0.15) is 13.2 Å². The van der Waals surface area contributed by atoms with Gasteiger partial charge in [-0.25, -0.2) is 4.79 Å². The number of halogens is 1. The molecule has 1 atom stereocenters. The second kappa shape index (κ2) is 25.7. The molecular weight excluding hydrogens is 611 g/mol. The molecule has 12 heteroatoms. The van der Waals surface area contributed by atoms with E-state index < -0.39 is 23.3 Å². The van der Waals surface area contributed by atoms with E-state index in [1.54, 1.807) is 6.42 Å². The van der Waals surface area contributed by atoms with Gasteiger partial charge < -0.3 is 23.7 Å². The van der Waals surface area contributed by atoms with Gasteiger partial charge >= 0.3 is 42.2 Å². The van der Waals surface area contributed by atoms with Crippen LogP contribution in [0, 0.1) is 12.3 Å². The van der Waals surface area contributed by atoms with Crippen molar-refractivity contribution in [3.05, 3.63) is 78.2 Å². The predicted molar refractivity (Wildman–Crippen MR) is 166 cm³/mol. The molecule has 46 heavy (non-hydrogen) atoms. The molecule has 3 aliphatic heterocycles. The summed E-state index contributed by atoms with van der Waals surface area (Å²) in [7, 11) is 0. The Labute approximate surface area is 287 Å². The molecule has 0 radical (unpaired) electrons. The van der Waals surface area contributed by atoms with Crippen LogP contribution in [0.15, 0.2) is 60.7 Å². The number of carbonyl (C=O) groups excluding carboxylic acids is 5. The minimum atomic E-state index is -0.770. The molecular formula is C34H42ClLiO10. The van der Waals surface area contributed by atoms with E-state index in [0.717, 1.165) is 62.5 Å². The Balaban J connectivity index is 0.000000325. The number of carbonyl (C=O) groups is 5. The van der Waals surface area contributed by atoms with Crippen LogP contribution in [0.2, 0.25) is 0 Å². The van der Waals surface area contributed by atoms with Crippen molar-refractivity contribution < 1.29 is 66.5 Å². The molecule has 0 N–H and O–H groups in total. The van der Waals surface area contributed by atoms with Gasteiger partial charge in [0.2, 0.25) is 0 Å². The van der Waals surface area contributed by atoms with Crippen molar-refractivity contribution in [3.8, 4) is 0 Å². The van der Waals surface area contributed by atoms with Crippen molar-refractivity contribution >= 4 is 40.9 Å². The van der Waals surface area contributed by atoms with Crippen LogP contribution in [0.4, 0.5) is 4.79 Å². The molecule has 3 saturated heterocycles. The van der Waals surface area contributed by atoms with E-state index in [0.29, 0.717) is 32.7 Å². The third kappa shape index (κ3) is 19.8. The van der Waals surface area contributed by atoms with Gasteiger partial charge in [-0.1, -0.05) is 67.1 Å². The van der Waals surface area contributed by atoms with Crippen LogP contribution in [-0.2, 0) is 56.1 Å². The molecule has 10 nitrogen and oxygen atoms in total. The number of esters is 4. The number of hydrogen-bond donors (Lipinski definition) is 0. The molecule has 0 saturated carbocycles. The fourth-order valence-electron chi connectivity index (χ4n) is 4.10. The first-order valence-electron chi connectivity index (χ1n) is 15.2. The molecule has 1 unspecified atom stereocenters. The molecule has 0 aliphatic carbocycles. The van der Waals surface area contributed by atoms with E-state index in [1.165, 1.54) is 0 Å². The molecule has 3 heterocycles. The number of hydrogen-bond acceptors (Lipinski definition) is 10. The minimum absolute atomic E-state index is 0. The standard InChI is InChI=1S/C14H16O4.C8H7ClO2.C6H10O2.C6H9O2.Li/c15-13-12(8-4-5-9-17-13)14(16)18-10-11-6-2-1-3-7-11;9-8(10)11-6-7-4-2-1-3-5-7;2*7-6-4-2-1-3-5-8-6;/h1-3,6-7,12H,4-5,8-10H2;1-5H,6H2;1-5H2;4H,1-3,5H2;/q;;;-1;+1. The summed E-state index contributed by atoms with van der Waals surface area (Å²) in [6.07, 6.45) is 10.6. The smallest absolute Gasteiger partial charge is 0.488 e. The van der Waals surface area contributed by atoms with Crippen LogP contribution in [0.1, 0.15) is 75.3 Å². The third-order valence-electron chi connectivity index (χ3n) is 6.56. The third-order valence-corrected chi connectivity index (χ3v) is 6.67. The van der Waals surface area contributed by atoms with Gasteiger partial charge in [-0.15, -0.1) is 0 Å². The van der Waals surface area contributed by atoms with Crippen LogP contribution in [-0.4, -0.2) is 49.1 Å². The first-order chi connectivity index (χ1) is 21.8. The molecule has 2 aromatic rings.